The van der Waals surface area contributed by atoms with Crippen LogP contribution in [-0.4, -0.2) is 21.0 Å². The van der Waals surface area contributed by atoms with Gasteiger partial charge in [0.15, 0.2) is 0 Å². The molecule has 1 atom stereocenters. The lowest BCUT2D eigenvalue weighted by Crippen LogP contribution is -2.26. The van der Waals surface area contributed by atoms with Crippen LogP contribution in [0.25, 0.3) is 11.0 Å². The Morgan fingerprint density at radius 3 is 2.50 bits per heavy atom. The molecule has 1 aromatic heterocycles. The fraction of sp³-hybridized carbons (Fsp3) is 0.211. The Morgan fingerprint density at radius 1 is 1.15 bits per heavy atom. The highest BCUT2D eigenvalue weighted by molar-refractivity contribution is 7.89. The Hall–Kier alpha value is -2.64. The van der Waals surface area contributed by atoms with Gasteiger partial charge >= 0.3 is 5.97 Å². The summed E-state index contributed by atoms with van der Waals surface area (Å²) in [5.41, 5.74) is 1.00. The lowest BCUT2D eigenvalue weighted by Gasteiger charge is -2.12. The van der Waals surface area contributed by atoms with Gasteiger partial charge in [-0.25, -0.2) is 17.9 Å². The molecule has 7 heteroatoms. The number of carbonyl (C=O) groups excluding carboxylic acids is 1. The number of rotatable bonds is 6. The van der Waals surface area contributed by atoms with Gasteiger partial charge in [-0.2, -0.15) is 0 Å². The summed E-state index contributed by atoms with van der Waals surface area (Å²) in [5.74, 6) is 0.0398. The lowest BCUT2D eigenvalue weighted by molar-refractivity contribution is 0.0526. The Balaban J connectivity index is 1.78. The van der Waals surface area contributed by atoms with E-state index in [4.69, 9.17) is 9.15 Å². The molecule has 0 aliphatic carbocycles. The van der Waals surface area contributed by atoms with Crippen LogP contribution < -0.4 is 4.72 Å². The van der Waals surface area contributed by atoms with Crippen molar-refractivity contribution in [1.82, 2.24) is 4.72 Å². The molecule has 1 N–H and O–H groups in total. The van der Waals surface area contributed by atoms with Crippen molar-refractivity contribution < 1.29 is 22.4 Å². The van der Waals surface area contributed by atoms with Gasteiger partial charge in [-0.1, -0.05) is 18.2 Å². The maximum atomic E-state index is 12.6. The van der Waals surface area contributed by atoms with Gasteiger partial charge in [-0.15, -0.1) is 0 Å². The molecular formula is C19H19NO5S. The van der Waals surface area contributed by atoms with Crippen LogP contribution in [0.1, 0.15) is 36.0 Å². The molecule has 0 fully saturated rings. The van der Waals surface area contributed by atoms with Crippen molar-refractivity contribution in [1.29, 1.82) is 0 Å². The maximum absolute atomic E-state index is 12.6. The normalized spacial score (nSPS) is 12.8. The van der Waals surface area contributed by atoms with Crippen LogP contribution in [0.15, 0.2) is 63.9 Å². The molecule has 26 heavy (non-hydrogen) atoms. The number of furan rings is 1. The Morgan fingerprint density at radius 2 is 1.85 bits per heavy atom. The van der Waals surface area contributed by atoms with Gasteiger partial charge < -0.3 is 9.15 Å². The number of benzene rings is 2. The van der Waals surface area contributed by atoms with E-state index in [1.165, 1.54) is 24.3 Å². The Bertz CT molecular complexity index is 989. The van der Waals surface area contributed by atoms with Crippen molar-refractivity contribution >= 4 is 27.0 Å². The summed E-state index contributed by atoms with van der Waals surface area (Å²) in [6, 6.07) is 14.4. The molecule has 0 radical (unpaired) electrons. The SMILES string of the molecule is CCOC(=O)c1ccc(S(=O)(=O)N[C@@H](C)c2cc3ccccc3o2)cc1. The molecule has 136 valence electrons. The van der Waals surface area contributed by atoms with Gasteiger partial charge in [0.25, 0.3) is 0 Å². The molecule has 0 spiro atoms. The van der Waals surface area contributed by atoms with Crippen LogP contribution in [0.3, 0.4) is 0 Å². The molecule has 3 rings (SSSR count). The number of fused-ring (bicyclic) bond motifs is 1. The standard InChI is InChI=1S/C19H19NO5S/c1-3-24-19(21)14-8-10-16(11-9-14)26(22,23)20-13(2)18-12-15-6-4-5-7-17(15)25-18/h4-13,20H,3H2,1-2H3/t13-/m0/s1. The summed E-state index contributed by atoms with van der Waals surface area (Å²) in [6.45, 7) is 3.68. The van der Waals surface area contributed by atoms with Gasteiger partial charge in [0, 0.05) is 5.39 Å². The van der Waals surface area contributed by atoms with E-state index in [1.807, 2.05) is 30.3 Å². The molecule has 0 saturated carbocycles. The second kappa shape index (κ2) is 7.31. The summed E-state index contributed by atoms with van der Waals surface area (Å²) in [4.78, 5) is 11.7. The molecule has 6 nitrogen and oxygen atoms in total. The number of hydrogen-bond donors (Lipinski definition) is 1. The van der Waals surface area contributed by atoms with Gasteiger partial charge in [-0.05, 0) is 50.2 Å². The third-order valence-electron chi connectivity index (χ3n) is 3.88. The molecule has 3 aromatic rings. The smallest absolute Gasteiger partial charge is 0.338 e. The molecule has 0 amide bonds. The number of para-hydroxylation sites is 1. The molecule has 2 aromatic carbocycles. The number of hydrogen-bond acceptors (Lipinski definition) is 5. The average molecular weight is 373 g/mol. The van der Waals surface area contributed by atoms with E-state index >= 15 is 0 Å². The van der Waals surface area contributed by atoms with Crippen LogP contribution in [0.2, 0.25) is 0 Å². The van der Waals surface area contributed by atoms with Crippen molar-refractivity contribution in [3.8, 4) is 0 Å². The van der Waals surface area contributed by atoms with Gasteiger partial charge in [-0.3, -0.25) is 0 Å². The zero-order chi connectivity index (χ0) is 18.7. The highest BCUT2D eigenvalue weighted by Gasteiger charge is 2.21. The molecule has 0 aliphatic heterocycles. The van der Waals surface area contributed by atoms with E-state index in [1.54, 1.807) is 13.8 Å². The number of sulfonamides is 1. The Kier molecular flexibility index (Phi) is 5.11. The summed E-state index contributed by atoms with van der Waals surface area (Å²) < 4.78 is 38.3. The highest BCUT2D eigenvalue weighted by Crippen LogP contribution is 2.25. The van der Waals surface area contributed by atoms with Crippen LogP contribution in [0.5, 0.6) is 0 Å². The van der Waals surface area contributed by atoms with Crippen molar-refractivity contribution in [3.63, 3.8) is 0 Å². The van der Waals surface area contributed by atoms with Crippen molar-refractivity contribution in [2.75, 3.05) is 6.61 Å². The summed E-state index contributed by atoms with van der Waals surface area (Å²) >= 11 is 0. The zero-order valence-corrected chi connectivity index (χ0v) is 15.2. The first kappa shape index (κ1) is 18.2. The first-order chi connectivity index (χ1) is 12.4. The number of carbonyl (C=O) groups is 1. The van der Waals surface area contributed by atoms with E-state index < -0.39 is 22.0 Å². The van der Waals surface area contributed by atoms with Crippen LogP contribution >= 0.6 is 0 Å². The summed E-state index contributed by atoms with van der Waals surface area (Å²) in [5, 5.41) is 0.910. The van der Waals surface area contributed by atoms with E-state index in [9.17, 15) is 13.2 Å². The lowest BCUT2D eigenvalue weighted by atomic mass is 10.2. The van der Waals surface area contributed by atoms with E-state index in [2.05, 4.69) is 4.72 Å². The van der Waals surface area contributed by atoms with E-state index in [-0.39, 0.29) is 11.5 Å². The molecular weight excluding hydrogens is 354 g/mol. The minimum atomic E-state index is -3.76. The monoisotopic (exact) mass is 373 g/mol. The van der Waals surface area contributed by atoms with Crippen molar-refractivity contribution in [3.05, 3.63) is 65.9 Å². The predicted octanol–water partition coefficient (Wildman–Crippen LogP) is 3.65. The largest absolute Gasteiger partial charge is 0.462 e. The van der Waals surface area contributed by atoms with Crippen molar-refractivity contribution in [2.45, 2.75) is 24.8 Å². The van der Waals surface area contributed by atoms with Crippen LogP contribution in [-0.2, 0) is 14.8 Å². The minimum absolute atomic E-state index is 0.0634. The third-order valence-corrected chi connectivity index (χ3v) is 5.44. The van der Waals surface area contributed by atoms with Crippen LogP contribution in [0, 0.1) is 0 Å². The second-order valence-electron chi connectivity index (χ2n) is 5.77. The molecule has 1 heterocycles. The summed E-state index contributed by atoms with van der Waals surface area (Å²) in [7, 11) is -3.76. The summed E-state index contributed by atoms with van der Waals surface area (Å²) in [6.07, 6.45) is 0. The average Bonchev–Trinajstić information content (AvgIpc) is 3.06. The van der Waals surface area contributed by atoms with Gasteiger partial charge in [0.1, 0.15) is 11.3 Å². The fourth-order valence-corrected chi connectivity index (χ4v) is 3.77. The number of ether oxygens (including phenoxy) is 1. The first-order valence-corrected chi connectivity index (χ1v) is 9.67. The topological polar surface area (TPSA) is 85.6 Å². The quantitative estimate of drug-likeness (QED) is 0.667. The van der Waals surface area contributed by atoms with Gasteiger partial charge in [0.05, 0.1) is 23.1 Å². The van der Waals surface area contributed by atoms with Crippen LogP contribution in [0.4, 0.5) is 0 Å². The molecule has 0 aliphatic rings. The van der Waals surface area contributed by atoms with Gasteiger partial charge in [0.2, 0.25) is 10.0 Å². The van der Waals surface area contributed by atoms with Crippen molar-refractivity contribution in [2.24, 2.45) is 0 Å². The highest BCUT2D eigenvalue weighted by atomic mass is 32.2. The zero-order valence-electron chi connectivity index (χ0n) is 14.4. The molecule has 0 saturated heterocycles. The first-order valence-electron chi connectivity index (χ1n) is 8.18. The predicted molar refractivity (Wildman–Crippen MR) is 97.3 cm³/mol. The third kappa shape index (κ3) is 3.79. The molecule has 0 unspecified atom stereocenters. The van der Waals surface area contributed by atoms with E-state index in [0.717, 1.165) is 5.39 Å². The minimum Gasteiger partial charge on any atom is -0.462 e. The maximum Gasteiger partial charge on any atom is 0.338 e. The molecule has 0 bridgehead atoms. The second-order valence-corrected chi connectivity index (χ2v) is 7.49. The van der Waals surface area contributed by atoms with E-state index in [0.29, 0.717) is 16.9 Å². The fourth-order valence-electron chi connectivity index (χ4n) is 2.56. The number of nitrogens with one attached hydrogen (secondary N) is 1. The number of esters is 1. The Labute approximate surface area is 151 Å².